The van der Waals surface area contributed by atoms with Crippen molar-refractivity contribution in [1.29, 1.82) is 5.26 Å². The Balaban J connectivity index is 1.22. The van der Waals surface area contributed by atoms with Crippen LogP contribution in [0.15, 0.2) is 176 Å². The molecule has 5 heteroatoms. The molecule has 0 unspecified atom stereocenters. The number of fused-ring (bicyclic) bond motifs is 9. The number of rotatable bonds is 4. The Kier molecular flexibility index (Phi) is 6.61. The van der Waals surface area contributed by atoms with Gasteiger partial charge in [-0.05, 0) is 66.2 Å². The van der Waals surface area contributed by atoms with E-state index < -0.39 is 0 Å². The first-order valence-electron chi connectivity index (χ1n) is 18.3. The summed E-state index contributed by atoms with van der Waals surface area (Å²) in [6.45, 7) is 7.78. The van der Waals surface area contributed by atoms with E-state index >= 15 is 0 Å². The molecule has 11 aromatic rings. The van der Waals surface area contributed by atoms with Crippen LogP contribution in [-0.2, 0) is 0 Å². The highest BCUT2D eigenvalue weighted by atomic mass is 15.1. The number of benzene rings is 8. The van der Waals surface area contributed by atoms with Crippen molar-refractivity contribution in [2.24, 2.45) is 0 Å². The Hall–Kier alpha value is -7.86. The van der Waals surface area contributed by atoms with Gasteiger partial charge in [0.05, 0.1) is 57.2 Å². The average molecular weight is 700 g/mol. The first kappa shape index (κ1) is 30.7. The zero-order valence-electron chi connectivity index (χ0n) is 29.5. The van der Waals surface area contributed by atoms with Crippen molar-refractivity contribution in [2.45, 2.75) is 0 Å². The lowest BCUT2D eigenvalue weighted by molar-refractivity contribution is 1.13. The van der Waals surface area contributed by atoms with Gasteiger partial charge in [-0.2, -0.15) is 5.26 Å². The second kappa shape index (κ2) is 11.8. The van der Waals surface area contributed by atoms with E-state index in [1.54, 1.807) is 0 Å². The molecular formula is C50H29N5. The summed E-state index contributed by atoms with van der Waals surface area (Å²) in [5, 5.41) is 17.5. The summed E-state index contributed by atoms with van der Waals surface area (Å²) in [7, 11) is 0. The van der Waals surface area contributed by atoms with Gasteiger partial charge in [-0.3, -0.25) is 0 Å². The molecule has 0 aliphatic carbocycles. The largest absolute Gasteiger partial charge is 0.310 e. The normalized spacial score (nSPS) is 11.6. The lowest BCUT2D eigenvalue weighted by atomic mass is 10.00. The molecule has 0 bridgehead atoms. The molecule has 8 aromatic carbocycles. The maximum atomic E-state index is 10.6. The van der Waals surface area contributed by atoms with E-state index in [9.17, 15) is 5.26 Å². The van der Waals surface area contributed by atoms with E-state index in [0.717, 1.165) is 82.8 Å². The lowest BCUT2D eigenvalue weighted by Crippen LogP contribution is -2.02. The molecule has 3 aromatic heterocycles. The predicted molar refractivity (Wildman–Crippen MR) is 226 cm³/mol. The summed E-state index contributed by atoms with van der Waals surface area (Å²) in [4.78, 5) is 3.77. The van der Waals surface area contributed by atoms with Crippen LogP contribution >= 0.6 is 0 Å². The second-order valence-corrected chi connectivity index (χ2v) is 14.0. The van der Waals surface area contributed by atoms with Crippen molar-refractivity contribution in [3.8, 4) is 34.3 Å². The molecule has 0 saturated carbocycles. The molecule has 0 atom stereocenters. The number of nitriles is 1. The fraction of sp³-hybridized carbons (Fsp3) is 0. The molecule has 5 nitrogen and oxygen atoms in total. The molecule has 0 N–H and O–H groups in total. The van der Waals surface area contributed by atoms with E-state index in [1.165, 1.54) is 10.8 Å². The molecule has 0 spiro atoms. The van der Waals surface area contributed by atoms with Crippen molar-refractivity contribution < 1.29 is 0 Å². The van der Waals surface area contributed by atoms with Crippen molar-refractivity contribution in [3.63, 3.8) is 0 Å². The summed E-state index contributed by atoms with van der Waals surface area (Å²) in [6.07, 6.45) is 0. The van der Waals surface area contributed by atoms with Gasteiger partial charge in [0.15, 0.2) is 5.69 Å². The zero-order valence-corrected chi connectivity index (χ0v) is 29.5. The standard InChI is InChI=1S/C50H29N5/c1-52-34-25-26-41-39-16-5-11-23-47(39)55(49(41)30-34)43-19-7-2-13-36(43)33-27-32(31-51)28-35(29-33)53-44-20-8-6-17-40(44)42-18-12-24-48(50(42)53)54-45-21-9-3-14-37(45)38-15-4-10-22-46(38)54/h2-30H. The highest BCUT2D eigenvalue weighted by Gasteiger charge is 2.22. The van der Waals surface area contributed by atoms with Crippen molar-refractivity contribution >= 4 is 71.1 Å². The summed E-state index contributed by atoms with van der Waals surface area (Å²) in [5.41, 5.74) is 12.5. The van der Waals surface area contributed by atoms with Crippen LogP contribution in [0, 0.1) is 17.9 Å². The quantitative estimate of drug-likeness (QED) is 0.169. The predicted octanol–water partition coefficient (Wildman–Crippen LogP) is 13.1. The van der Waals surface area contributed by atoms with E-state index in [4.69, 9.17) is 6.57 Å². The van der Waals surface area contributed by atoms with E-state index in [2.05, 4.69) is 176 Å². The van der Waals surface area contributed by atoms with E-state index in [-0.39, 0.29) is 0 Å². The smallest absolute Gasteiger partial charge is 0.189 e. The minimum Gasteiger partial charge on any atom is -0.310 e. The van der Waals surface area contributed by atoms with Gasteiger partial charge in [-0.25, -0.2) is 4.85 Å². The first-order chi connectivity index (χ1) is 27.2. The van der Waals surface area contributed by atoms with Crippen molar-refractivity contribution in [2.75, 3.05) is 0 Å². The van der Waals surface area contributed by atoms with Crippen LogP contribution in [-0.4, -0.2) is 13.7 Å². The Morgan fingerprint density at radius 1 is 0.436 bits per heavy atom. The third-order valence-corrected chi connectivity index (χ3v) is 11.0. The molecule has 254 valence electrons. The number of aromatic nitrogens is 3. The van der Waals surface area contributed by atoms with Crippen LogP contribution in [0.25, 0.3) is 98.5 Å². The van der Waals surface area contributed by atoms with Gasteiger partial charge >= 0.3 is 0 Å². The molecule has 0 radical (unpaired) electrons. The third kappa shape index (κ3) is 4.45. The second-order valence-electron chi connectivity index (χ2n) is 14.0. The van der Waals surface area contributed by atoms with Gasteiger partial charge in [-0.1, -0.05) is 115 Å². The topological polar surface area (TPSA) is 42.9 Å². The Bertz CT molecular complexity index is 3420. The molecule has 0 aliphatic heterocycles. The van der Waals surface area contributed by atoms with Crippen LogP contribution in [0.3, 0.4) is 0 Å². The molecule has 0 saturated heterocycles. The number of hydrogen-bond donors (Lipinski definition) is 0. The third-order valence-electron chi connectivity index (χ3n) is 11.0. The first-order valence-corrected chi connectivity index (χ1v) is 18.3. The van der Waals surface area contributed by atoms with Gasteiger partial charge < -0.3 is 13.7 Å². The molecule has 0 fully saturated rings. The molecule has 3 heterocycles. The molecule has 55 heavy (non-hydrogen) atoms. The minimum absolute atomic E-state index is 0.570. The van der Waals surface area contributed by atoms with Gasteiger partial charge in [0.25, 0.3) is 0 Å². The van der Waals surface area contributed by atoms with Crippen LogP contribution in [0.2, 0.25) is 0 Å². The number of nitrogens with zero attached hydrogens (tertiary/aromatic N) is 5. The van der Waals surface area contributed by atoms with Crippen LogP contribution < -0.4 is 0 Å². The SMILES string of the molecule is [C-]#[N+]c1ccc2c3ccccc3n(-c3ccccc3-c3cc(C#N)cc(-n4c5ccccc5c5cccc(-n6c7ccccc7c7ccccc76)c54)c3)c2c1. The summed E-state index contributed by atoms with van der Waals surface area (Å²) in [6, 6.07) is 63.7. The Morgan fingerprint density at radius 3 is 1.58 bits per heavy atom. The van der Waals surface area contributed by atoms with E-state index in [0.29, 0.717) is 11.3 Å². The highest BCUT2D eigenvalue weighted by Crippen LogP contribution is 2.42. The van der Waals surface area contributed by atoms with Gasteiger partial charge in [0, 0.05) is 49.1 Å². The number of hydrogen-bond acceptors (Lipinski definition) is 1. The monoisotopic (exact) mass is 699 g/mol. The number of para-hydroxylation sites is 6. The maximum Gasteiger partial charge on any atom is 0.189 e. The van der Waals surface area contributed by atoms with Crippen LogP contribution in [0.1, 0.15) is 5.56 Å². The fourth-order valence-corrected chi connectivity index (χ4v) is 8.79. The van der Waals surface area contributed by atoms with Gasteiger partial charge in [0.1, 0.15) is 0 Å². The molecule has 0 amide bonds. The molecule has 11 rings (SSSR count). The fourth-order valence-electron chi connectivity index (χ4n) is 8.79. The van der Waals surface area contributed by atoms with Crippen molar-refractivity contribution in [3.05, 3.63) is 193 Å². The Morgan fingerprint density at radius 2 is 0.945 bits per heavy atom. The minimum atomic E-state index is 0.570. The maximum absolute atomic E-state index is 10.6. The summed E-state index contributed by atoms with van der Waals surface area (Å²) in [5.74, 6) is 0. The van der Waals surface area contributed by atoms with Crippen molar-refractivity contribution in [1.82, 2.24) is 13.7 Å². The molecular weight excluding hydrogens is 671 g/mol. The summed E-state index contributed by atoms with van der Waals surface area (Å²) >= 11 is 0. The average Bonchev–Trinajstić information content (AvgIpc) is 3.89. The highest BCUT2D eigenvalue weighted by molar-refractivity contribution is 6.15. The molecule has 0 aliphatic rings. The van der Waals surface area contributed by atoms with Gasteiger partial charge in [-0.15, -0.1) is 0 Å². The van der Waals surface area contributed by atoms with E-state index in [1.807, 2.05) is 24.3 Å². The summed E-state index contributed by atoms with van der Waals surface area (Å²) < 4.78 is 6.97. The van der Waals surface area contributed by atoms with Gasteiger partial charge in [0.2, 0.25) is 0 Å². The van der Waals surface area contributed by atoms with Crippen LogP contribution in [0.5, 0.6) is 0 Å². The van der Waals surface area contributed by atoms with Crippen LogP contribution in [0.4, 0.5) is 5.69 Å². The zero-order chi connectivity index (χ0) is 36.6. The Labute approximate surface area is 316 Å². The lowest BCUT2D eigenvalue weighted by Gasteiger charge is -2.17.